The van der Waals surface area contributed by atoms with Gasteiger partial charge in [-0.05, 0) is 50.7 Å². The molecule has 1 atom stereocenters. The number of hydrogen-bond donors (Lipinski definition) is 2. The molecule has 0 aromatic heterocycles. The van der Waals surface area contributed by atoms with Gasteiger partial charge in [-0.2, -0.15) is 0 Å². The summed E-state index contributed by atoms with van der Waals surface area (Å²) in [6.07, 6.45) is 0. The molecule has 1 aliphatic heterocycles. The fourth-order valence-corrected chi connectivity index (χ4v) is 3.52. The zero-order valence-corrected chi connectivity index (χ0v) is 18.0. The maximum absolute atomic E-state index is 12.8. The molecule has 0 radical (unpaired) electrons. The van der Waals surface area contributed by atoms with Crippen LogP contribution in [0.1, 0.15) is 53.1 Å². The minimum atomic E-state index is -0.335. The van der Waals surface area contributed by atoms with E-state index < -0.39 is 0 Å². The van der Waals surface area contributed by atoms with E-state index >= 15 is 0 Å². The highest BCUT2D eigenvalue weighted by Gasteiger charge is 2.36. The van der Waals surface area contributed by atoms with E-state index in [1.165, 1.54) is 0 Å². The number of rotatable bonds is 6. The second-order valence-corrected chi connectivity index (χ2v) is 7.96. The van der Waals surface area contributed by atoms with E-state index in [1.807, 2.05) is 6.92 Å². The van der Waals surface area contributed by atoms with Gasteiger partial charge in [-0.15, -0.1) is 0 Å². The van der Waals surface area contributed by atoms with Crippen molar-refractivity contribution in [1.29, 1.82) is 0 Å². The quantitative estimate of drug-likeness (QED) is 0.568. The van der Waals surface area contributed by atoms with Gasteiger partial charge >= 0.3 is 5.97 Å². The molecule has 5 nitrogen and oxygen atoms in total. The number of thiocarbonyl (C=S) groups is 1. The predicted octanol–water partition coefficient (Wildman–Crippen LogP) is 3.91. The van der Waals surface area contributed by atoms with E-state index in [2.05, 4.69) is 74.4 Å². The molecule has 0 amide bonds. The van der Waals surface area contributed by atoms with Crippen molar-refractivity contribution in [3.05, 3.63) is 41.1 Å². The average Bonchev–Trinajstić information content (AvgIpc) is 2.62. The van der Waals surface area contributed by atoms with Crippen molar-refractivity contribution < 1.29 is 9.53 Å². The van der Waals surface area contributed by atoms with Crippen LogP contribution in [0.5, 0.6) is 0 Å². The van der Waals surface area contributed by atoms with Gasteiger partial charge in [-0.3, -0.25) is 0 Å². The lowest BCUT2D eigenvalue weighted by Gasteiger charge is -2.36. The van der Waals surface area contributed by atoms with Crippen LogP contribution in [0.3, 0.4) is 0 Å². The lowest BCUT2D eigenvalue weighted by molar-refractivity contribution is -0.139. The topological polar surface area (TPSA) is 53.6 Å². The van der Waals surface area contributed by atoms with Crippen molar-refractivity contribution in [2.24, 2.45) is 5.41 Å². The molecular weight excluding hydrogens is 358 g/mol. The lowest BCUT2D eigenvalue weighted by atomic mass is 9.83. The van der Waals surface area contributed by atoms with Crippen LogP contribution in [0.4, 0.5) is 5.69 Å². The van der Waals surface area contributed by atoms with Gasteiger partial charge < -0.3 is 20.3 Å². The maximum atomic E-state index is 12.8. The highest BCUT2D eigenvalue weighted by atomic mass is 32.1. The molecule has 148 valence electrons. The fraction of sp³-hybridized carbons (Fsp3) is 0.524. The summed E-state index contributed by atoms with van der Waals surface area (Å²) in [4.78, 5) is 15.1. The van der Waals surface area contributed by atoms with Gasteiger partial charge in [0, 0.05) is 29.9 Å². The molecule has 27 heavy (non-hydrogen) atoms. The number of anilines is 1. The molecule has 0 aliphatic carbocycles. The normalized spacial score (nSPS) is 17.3. The Bertz CT molecular complexity index is 716. The largest absolute Gasteiger partial charge is 0.463 e. The van der Waals surface area contributed by atoms with Gasteiger partial charge in [0.05, 0.1) is 18.2 Å². The van der Waals surface area contributed by atoms with Crippen molar-refractivity contribution in [3.8, 4) is 0 Å². The first-order valence-electron chi connectivity index (χ1n) is 9.57. The number of nitrogens with zero attached hydrogens (tertiary/aromatic N) is 1. The molecule has 1 aromatic carbocycles. The number of allylic oxidation sites excluding steroid dienone is 1. The van der Waals surface area contributed by atoms with Gasteiger partial charge in [0.15, 0.2) is 5.11 Å². The van der Waals surface area contributed by atoms with E-state index in [0.29, 0.717) is 17.3 Å². The van der Waals surface area contributed by atoms with Gasteiger partial charge in [-0.25, -0.2) is 4.79 Å². The Labute approximate surface area is 168 Å². The third-order valence-electron chi connectivity index (χ3n) is 4.67. The summed E-state index contributed by atoms with van der Waals surface area (Å²) in [7, 11) is 0. The first-order chi connectivity index (χ1) is 12.7. The molecule has 0 fully saturated rings. The van der Waals surface area contributed by atoms with Gasteiger partial charge in [0.2, 0.25) is 0 Å². The molecule has 6 heteroatoms. The molecule has 0 bridgehead atoms. The van der Waals surface area contributed by atoms with Crippen LogP contribution in [-0.4, -0.2) is 30.8 Å². The fourth-order valence-electron chi connectivity index (χ4n) is 3.30. The average molecular weight is 390 g/mol. The minimum absolute atomic E-state index is 0.270. The van der Waals surface area contributed by atoms with Crippen molar-refractivity contribution in [2.75, 3.05) is 24.6 Å². The zero-order chi connectivity index (χ0) is 20.2. The van der Waals surface area contributed by atoms with Gasteiger partial charge in [0.1, 0.15) is 0 Å². The predicted molar refractivity (Wildman–Crippen MR) is 115 cm³/mol. The van der Waals surface area contributed by atoms with Crippen LogP contribution in [0.2, 0.25) is 0 Å². The number of hydrogen-bond acceptors (Lipinski definition) is 4. The number of ether oxygens (including phenoxy) is 1. The van der Waals surface area contributed by atoms with Crippen LogP contribution >= 0.6 is 12.2 Å². The molecule has 2 N–H and O–H groups in total. The van der Waals surface area contributed by atoms with Crippen LogP contribution in [0.15, 0.2) is 35.5 Å². The molecule has 0 saturated heterocycles. The monoisotopic (exact) mass is 389 g/mol. The Morgan fingerprint density at radius 2 is 1.74 bits per heavy atom. The van der Waals surface area contributed by atoms with Crippen molar-refractivity contribution in [2.45, 2.75) is 47.6 Å². The Hall–Kier alpha value is -2.08. The molecule has 1 heterocycles. The second kappa shape index (κ2) is 8.74. The van der Waals surface area contributed by atoms with Crippen LogP contribution in [-0.2, 0) is 9.53 Å². The van der Waals surface area contributed by atoms with Crippen LogP contribution in [0.25, 0.3) is 0 Å². The Kier molecular flexibility index (Phi) is 6.87. The molecule has 2 rings (SSSR count). The van der Waals surface area contributed by atoms with Gasteiger partial charge in [-0.1, -0.05) is 32.9 Å². The summed E-state index contributed by atoms with van der Waals surface area (Å²) in [5.74, 6) is -0.317. The third-order valence-corrected chi connectivity index (χ3v) is 4.89. The van der Waals surface area contributed by atoms with E-state index in [0.717, 1.165) is 30.0 Å². The van der Waals surface area contributed by atoms with Crippen LogP contribution < -0.4 is 15.5 Å². The number of benzene rings is 1. The summed E-state index contributed by atoms with van der Waals surface area (Å²) in [5.41, 5.74) is 3.28. The number of nitrogens with one attached hydrogen (secondary N) is 2. The Balaban J connectivity index is 2.51. The van der Waals surface area contributed by atoms with Crippen molar-refractivity contribution >= 4 is 29.0 Å². The molecule has 0 saturated carbocycles. The third kappa shape index (κ3) is 4.80. The minimum Gasteiger partial charge on any atom is -0.463 e. The Morgan fingerprint density at radius 1 is 1.15 bits per heavy atom. The summed E-state index contributed by atoms with van der Waals surface area (Å²) >= 11 is 5.42. The standard InChI is InChI=1S/C21H31N3O2S/c1-7-24(8-2)15-12-10-14(11-13-15)17-16(19(25)26-9-3)18(21(4,5)6)23-20(27)22-17/h10-13,17H,7-9H2,1-6H3,(H2,22,23,27). The Morgan fingerprint density at radius 3 is 2.22 bits per heavy atom. The summed E-state index contributed by atoms with van der Waals surface area (Å²) in [6.45, 7) is 14.5. The first-order valence-corrected chi connectivity index (χ1v) is 9.97. The number of esters is 1. The first kappa shape index (κ1) is 21.2. The molecule has 1 aliphatic rings. The second-order valence-electron chi connectivity index (χ2n) is 7.55. The molecule has 1 aromatic rings. The van der Waals surface area contributed by atoms with E-state index in [4.69, 9.17) is 17.0 Å². The molecular formula is C21H31N3O2S. The summed E-state index contributed by atoms with van der Waals surface area (Å²) < 4.78 is 5.36. The van der Waals surface area contributed by atoms with E-state index in [9.17, 15) is 4.79 Å². The summed E-state index contributed by atoms with van der Waals surface area (Å²) in [5, 5.41) is 6.95. The smallest absolute Gasteiger partial charge is 0.338 e. The summed E-state index contributed by atoms with van der Waals surface area (Å²) in [6, 6.07) is 7.96. The SMILES string of the molecule is CCOC(=O)C1=C(C(C)(C)C)NC(=S)NC1c1ccc(N(CC)CC)cc1. The van der Waals surface area contributed by atoms with Crippen molar-refractivity contribution in [1.82, 2.24) is 10.6 Å². The lowest BCUT2D eigenvalue weighted by Crippen LogP contribution is -2.48. The van der Waals surface area contributed by atoms with Gasteiger partial charge in [0.25, 0.3) is 0 Å². The zero-order valence-electron chi connectivity index (χ0n) is 17.2. The van der Waals surface area contributed by atoms with E-state index in [-0.39, 0.29) is 17.4 Å². The molecule has 1 unspecified atom stereocenters. The van der Waals surface area contributed by atoms with Crippen LogP contribution in [0, 0.1) is 5.41 Å². The number of carbonyl (C=O) groups excluding carboxylic acids is 1. The highest BCUT2D eigenvalue weighted by Crippen LogP contribution is 2.36. The molecule has 0 spiro atoms. The van der Waals surface area contributed by atoms with Crippen molar-refractivity contribution in [3.63, 3.8) is 0 Å². The maximum Gasteiger partial charge on any atom is 0.338 e. The highest BCUT2D eigenvalue weighted by molar-refractivity contribution is 7.80. The van der Waals surface area contributed by atoms with E-state index in [1.54, 1.807) is 0 Å². The number of carbonyl (C=O) groups is 1.